The molecule has 0 spiro atoms. The monoisotopic (exact) mass is 318 g/mol. The Labute approximate surface area is 133 Å². The van der Waals surface area contributed by atoms with E-state index in [1.54, 1.807) is 16.2 Å². The summed E-state index contributed by atoms with van der Waals surface area (Å²) >= 11 is 1.57. The molecule has 1 N–H and O–H groups in total. The van der Waals surface area contributed by atoms with E-state index >= 15 is 0 Å². The fourth-order valence-corrected chi connectivity index (χ4v) is 3.45. The van der Waals surface area contributed by atoms with Crippen molar-refractivity contribution in [3.05, 3.63) is 45.4 Å². The van der Waals surface area contributed by atoms with Crippen molar-refractivity contribution in [1.29, 1.82) is 0 Å². The number of hydrogen-bond donors (Lipinski definition) is 1. The Hall–Kier alpha value is -1.92. The zero-order valence-corrected chi connectivity index (χ0v) is 13.4. The SMILES string of the molecule is Cc1nc(CN(C)[C@@H](C(=O)O)c2cccc3c2OCC3)cs1. The summed E-state index contributed by atoms with van der Waals surface area (Å²) in [6.07, 6.45) is 0.838. The predicted molar refractivity (Wildman–Crippen MR) is 84.3 cm³/mol. The molecule has 6 heteroatoms. The molecule has 22 heavy (non-hydrogen) atoms. The van der Waals surface area contributed by atoms with Gasteiger partial charge in [-0.1, -0.05) is 18.2 Å². The van der Waals surface area contributed by atoms with Gasteiger partial charge in [0.25, 0.3) is 0 Å². The van der Waals surface area contributed by atoms with Gasteiger partial charge in [0, 0.05) is 23.9 Å². The van der Waals surface area contributed by atoms with Gasteiger partial charge in [0.15, 0.2) is 0 Å². The van der Waals surface area contributed by atoms with Crippen LogP contribution >= 0.6 is 11.3 Å². The number of benzene rings is 1. The van der Waals surface area contributed by atoms with Crippen molar-refractivity contribution in [1.82, 2.24) is 9.88 Å². The fourth-order valence-electron chi connectivity index (χ4n) is 2.84. The molecule has 1 aliphatic rings. The predicted octanol–water partition coefficient (Wildman–Crippen LogP) is 2.64. The summed E-state index contributed by atoms with van der Waals surface area (Å²) in [6, 6.07) is 5.00. The maximum Gasteiger partial charge on any atom is 0.325 e. The minimum atomic E-state index is -0.877. The summed E-state index contributed by atoms with van der Waals surface area (Å²) < 4.78 is 5.66. The summed E-state index contributed by atoms with van der Waals surface area (Å²) in [6.45, 7) is 3.05. The zero-order valence-electron chi connectivity index (χ0n) is 12.6. The van der Waals surface area contributed by atoms with Gasteiger partial charge in [-0.3, -0.25) is 9.69 Å². The average molecular weight is 318 g/mol. The number of aliphatic carboxylic acids is 1. The number of carbonyl (C=O) groups is 1. The molecular weight excluding hydrogens is 300 g/mol. The molecule has 2 aromatic rings. The van der Waals surface area contributed by atoms with Crippen LogP contribution in [-0.4, -0.2) is 34.6 Å². The van der Waals surface area contributed by atoms with E-state index in [1.165, 1.54) is 0 Å². The van der Waals surface area contributed by atoms with E-state index in [-0.39, 0.29) is 0 Å². The van der Waals surface area contributed by atoms with Crippen LogP contribution in [-0.2, 0) is 17.8 Å². The van der Waals surface area contributed by atoms with Crippen molar-refractivity contribution in [2.75, 3.05) is 13.7 Å². The van der Waals surface area contributed by atoms with Gasteiger partial charge in [0.2, 0.25) is 0 Å². The molecule has 1 aromatic carbocycles. The van der Waals surface area contributed by atoms with E-state index < -0.39 is 12.0 Å². The Morgan fingerprint density at radius 2 is 2.36 bits per heavy atom. The highest BCUT2D eigenvalue weighted by atomic mass is 32.1. The number of carboxylic acid groups (broad SMARTS) is 1. The van der Waals surface area contributed by atoms with Gasteiger partial charge in [-0.05, 0) is 19.5 Å². The molecule has 0 radical (unpaired) electrons. The summed E-state index contributed by atoms with van der Waals surface area (Å²) in [5.74, 6) is -0.144. The van der Waals surface area contributed by atoms with Crippen molar-refractivity contribution < 1.29 is 14.6 Å². The zero-order chi connectivity index (χ0) is 15.7. The highest BCUT2D eigenvalue weighted by Gasteiger charge is 2.30. The van der Waals surface area contributed by atoms with Gasteiger partial charge in [-0.25, -0.2) is 4.98 Å². The molecule has 0 unspecified atom stereocenters. The van der Waals surface area contributed by atoms with E-state index in [0.29, 0.717) is 13.2 Å². The second-order valence-corrected chi connectivity index (χ2v) is 6.51. The van der Waals surface area contributed by atoms with Crippen LogP contribution in [0.15, 0.2) is 23.6 Å². The van der Waals surface area contributed by atoms with Gasteiger partial charge >= 0.3 is 5.97 Å². The molecular formula is C16H18N2O3S. The van der Waals surface area contributed by atoms with E-state index in [4.69, 9.17) is 4.74 Å². The Bertz CT molecular complexity index is 698. The van der Waals surface area contributed by atoms with Crippen LogP contribution in [0.2, 0.25) is 0 Å². The number of likely N-dealkylation sites (N-methyl/N-ethyl adjacent to an activating group) is 1. The molecule has 5 nitrogen and oxygen atoms in total. The number of aromatic nitrogens is 1. The first kappa shape index (κ1) is 15.0. The summed E-state index contributed by atoms with van der Waals surface area (Å²) in [4.78, 5) is 18.0. The summed E-state index contributed by atoms with van der Waals surface area (Å²) in [5, 5.41) is 12.7. The van der Waals surface area contributed by atoms with Crippen molar-refractivity contribution in [2.24, 2.45) is 0 Å². The molecule has 2 heterocycles. The topological polar surface area (TPSA) is 62.7 Å². The molecule has 116 valence electrons. The van der Waals surface area contributed by atoms with E-state index in [0.717, 1.165) is 34.0 Å². The van der Waals surface area contributed by atoms with Crippen LogP contribution in [0.4, 0.5) is 0 Å². The van der Waals surface area contributed by atoms with Crippen LogP contribution < -0.4 is 4.74 Å². The van der Waals surface area contributed by atoms with Gasteiger partial charge in [-0.15, -0.1) is 11.3 Å². The lowest BCUT2D eigenvalue weighted by molar-refractivity contribution is -0.143. The van der Waals surface area contributed by atoms with Gasteiger partial charge in [-0.2, -0.15) is 0 Å². The molecule has 1 aromatic heterocycles. The number of para-hydroxylation sites is 1. The van der Waals surface area contributed by atoms with Crippen molar-refractivity contribution >= 4 is 17.3 Å². The quantitative estimate of drug-likeness (QED) is 0.918. The fraction of sp³-hybridized carbons (Fsp3) is 0.375. The van der Waals surface area contributed by atoms with Crippen molar-refractivity contribution in [3.8, 4) is 5.75 Å². The van der Waals surface area contributed by atoms with Gasteiger partial charge in [0.1, 0.15) is 11.8 Å². The molecule has 0 aliphatic carbocycles. The largest absolute Gasteiger partial charge is 0.493 e. The highest BCUT2D eigenvalue weighted by Crippen LogP contribution is 2.36. The Kier molecular flexibility index (Phi) is 4.13. The smallest absolute Gasteiger partial charge is 0.325 e. The first-order valence-corrected chi connectivity index (χ1v) is 8.03. The second kappa shape index (κ2) is 6.06. The lowest BCUT2D eigenvalue weighted by Gasteiger charge is -2.25. The van der Waals surface area contributed by atoms with E-state index in [9.17, 15) is 9.90 Å². The lowest BCUT2D eigenvalue weighted by atomic mass is 10.0. The van der Waals surface area contributed by atoms with Crippen molar-refractivity contribution in [3.63, 3.8) is 0 Å². The minimum absolute atomic E-state index is 0.491. The number of rotatable bonds is 5. The number of ether oxygens (including phenoxy) is 1. The van der Waals surface area contributed by atoms with Crippen molar-refractivity contribution in [2.45, 2.75) is 25.9 Å². The maximum atomic E-state index is 11.8. The molecule has 0 saturated heterocycles. The first-order chi connectivity index (χ1) is 10.6. The Morgan fingerprint density at radius 1 is 1.55 bits per heavy atom. The minimum Gasteiger partial charge on any atom is -0.493 e. The molecule has 1 aliphatic heterocycles. The second-order valence-electron chi connectivity index (χ2n) is 5.45. The standard InChI is InChI=1S/C16H18N2O3S/c1-10-17-12(9-22-10)8-18(2)14(16(19)20)13-5-3-4-11-6-7-21-15(11)13/h3-5,9,14H,6-8H2,1-2H3,(H,19,20)/t14-/m1/s1. The highest BCUT2D eigenvalue weighted by molar-refractivity contribution is 7.09. The Balaban J connectivity index is 1.90. The number of fused-ring (bicyclic) bond motifs is 1. The third kappa shape index (κ3) is 2.84. The Morgan fingerprint density at radius 3 is 3.05 bits per heavy atom. The van der Waals surface area contributed by atoms with Crippen LogP contribution in [0.1, 0.15) is 27.9 Å². The molecule has 0 fully saturated rings. The molecule has 0 bridgehead atoms. The summed E-state index contributed by atoms with van der Waals surface area (Å²) in [7, 11) is 1.81. The van der Waals surface area contributed by atoms with E-state index in [2.05, 4.69) is 4.98 Å². The first-order valence-electron chi connectivity index (χ1n) is 7.15. The molecule has 1 atom stereocenters. The number of hydrogen-bond acceptors (Lipinski definition) is 5. The van der Waals surface area contributed by atoms with Crippen LogP contribution in [0.25, 0.3) is 0 Å². The number of thiazole rings is 1. The van der Waals surface area contributed by atoms with Crippen LogP contribution in [0.5, 0.6) is 5.75 Å². The molecule has 0 amide bonds. The maximum absolute atomic E-state index is 11.8. The number of nitrogens with zero attached hydrogens (tertiary/aromatic N) is 2. The lowest BCUT2D eigenvalue weighted by Crippen LogP contribution is -2.31. The molecule has 0 saturated carbocycles. The van der Waals surface area contributed by atoms with Gasteiger partial charge in [0.05, 0.1) is 17.3 Å². The van der Waals surface area contributed by atoms with E-state index in [1.807, 2.05) is 37.6 Å². The molecule has 3 rings (SSSR count). The third-order valence-corrected chi connectivity index (χ3v) is 4.61. The summed E-state index contributed by atoms with van der Waals surface area (Å²) in [5.41, 5.74) is 2.70. The average Bonchev–Trinajstić information content (AvgIpc) is 3.08. The van der Waals surface area contributed by atoms with Gasteiger partial charge < -0.3 is 9.84 Å². The number of aryl methyl sites for hydroxylation is 1. The van der Waals surface area contributed by atoms with Crippen LogP contribution in [0, 0.1) is 6.92 Å². The third-order valence-electron chi connectivity index (χ3n) is 3.79. The number of carboxylic acids is 1. The van der Waals surface area contributed by atoms with Crippen LogP contribution in [0.3, 0.4) is 0 Å². The normalized spacial score (nSPS) is 14.7.